The van der Waals surface area contributed by atoms with Crippen molar-refractivity contribution in [1.29, 1.82) is 0 Å². The fourth-order valence-corrected chi connectivity index (χ4v) is 2.21. The highest BCUT2D eigenvalue weighted by Crippen LogP contribution is 2.28. The van der Waals surface area contributed by atoms with Gasteiger partial charge in [0, 0.05) is 18.8 Å². The lowest BCUT2D eigenvalue weighted by molar-refractivity contribution is 0.0636. The van der Waals surface area contributed by atoms with Crippen LogP contribution in [0.5, 0.6) is 0 Å². The zero-order valence-corrected chi connectivity index (χ0v) is 13.4. The van der Waals surface area contributed by atoms with Crippen molar-refractivity contribution < 1.29 is 14.3 Å². The van der Waals surface area contributed by atoms with Gasteiger partial charge in [-0.2, -0.15) is 0 Å². The predicted octanol–water partition coefficient (Wildman–Crippen LogP) is 3.52. The van der Waals surface area contributed by atoms with Crippen molar-refractivity contribution in [2.75, 3.05) is 36.5 Å². The van der Waals surface area contributed by atoms with E-state index >= 15 is 0 Å². The summed E-state index contributed by atoms with van der Waals surface area (Å²) in [5.74, 6) is 0. The molecule has 0 bridgehead atoms. The van der Waals surface area contributed by atoms with Gasteiger partial charge in [0.15, 0.2) is 0 Å². The molecule has 1 aromatic rings. The Labute approximate surface area is 130 Å². The molecular weight excluding hydrogens is 292 g/mol. The van der Waals surface area contributed by atoms with Gasteiger partial charge >= 0.3 is 6.09 Å². The summed E-state index contributed by atoms with van der Waals surface area (Å²) in [6.45, 7) is 8.52. The van der Waals surface area contributed by atoms with E-state index in [2.05, 4.69) is 10.2 Å². The fraction of sp³-hybridized carbons (Fsp3) is 0.533. The number of hydrogen-bond acceptors (Lipinski definition) is 4. The van der Waals surface area contributed by atoms with Crippen molar-refractivity contribution in [3.63, 3.8) is 0 Å². The minimum absolute atomic E-state index is 0.484. The Bertz CT molecular complexity index is 508. The minimum atomic E-state index is -0.543. The summed E-state index contributed by atoms with van der Waals surface area (Å²) in [6, 6.07) is 5.57. The molecule has 1 aliphatic rings. The van der Waals surface area contributed by atoms with Crippen LogP contribution < -0.4 is 10.2 Å². The normalized spacial score (nSPS) is 15.7. The van der Waals surface area contributed by atoms with Crippen LogP contribution in [0.2, 0.25) is 5.02 Å². The Hall–Kier alpha value is -1.46. The summed E-state index contributed by atoms with van der Waals surface area (Å²) >= 11 is 6.14. The van der Waals surface area contributed by atoms with Gasteiger partial charge in [0.2, 0.25) is 0 Å². The molecule has 1 saturated heterocycles. The second-order valence-corrected chi connectivity index (χ2v) is 6.30. The number of ether oxygens (including phenoxy) is 2. The molecule has 1 fully saturated rings. The van der Waals surface area contributed by atoms with Crippen molar-refractivity contribution in [2.24, 2.45) is 0 Å². The van der Waals surface area contributed by atoms with Crippen molar-refractivity contribution in [1.82, 2.24) is 0 Å². The standard InChI is InChI=1S/C15H21ClN2O3/c1-15(2,3)21-14(19)17-13-10-11(4-5-12(13)16)18-6-8-20-9-7-18/h4-5,10H,6-9H2,1-3H3,(H,17,19). The van der Waals surface area contributed by atoms with Crippen molar-refractivity contribution >= 4 is 29.1 Å². The van der Waals surface area contributed by atoms with Crippen LogP contribution in [-0.4, -0.2) is 38.0 Å². The monoisotopic (exact) mass is 312 g/mol. The molecular formula is C15H21ClN2O3. The van der Waals surface area contributed by atoms with E-state index in [0.29, 0.717) is 23.9 Å². The van der Waals surface area contributed by atoms with E-state index in [-0.39, 0.29) is 0 Å². The summed E-state index contributed by atoms with van der Waals surface area (Å²) in [7, 11) is 0. The lowest BCUT2D eigenvalue weighted by Gasteiger charge is -2.29. The first-order chi connectivity index (χ1) is 9.85. The molecule has 0 saturated carbocycles. The first kappa shape index (κ1) is 15.9. The highest BCUT2D eigenvalue weighted by Gasteiger charge is 2.18. The van der Waals surface area contributed by atoms with Crippen molar-refractivity contribution in [3.8, 4) is 0 Å². The number of carbonyl (C=O) groups excluding carboxylic acids is 1. The zero-order chi connectivity index (χ0) is 15.5. The molecule has 116 valence electrons. The molecule has 1 aliphatic heterocycles. The highest BCUT2D eigenvalue weighted by molar-refractivity contribution is 6.33. The summed E-state index contributed by atoms with van der Waals surface area (Å²) < 4.78 is 10.6. The molecule has 0 unspecified atom stereocenters. The van der Waals surface area contributed by atoms with Gasteiger partial charge in [-0.3, -0.25) is 5.32 Å². The van der Waals surface area contributed by atoms with Gasteiger partial charge in [0.25, 0.3) is 0 Å². The van der Waals surface area contributed by atoms with Crippen molar-refractivity contribution in [2.45, 2.75) is 26.4 Å². The van der Waals surface area contributed by atoms with Gasteiger partial charge in [0.1, 0.15) is 5.60 Å². The van der Waals surface area contributed by atoms with E-state index in [1.165, 1.54) is 0 Å². The second-order valence-electron chi connectivity index (χ2n) is 5.89. The SMILES string of the molecule is CC(C)(C)OC(=O)Nc1cc(N2CCOCC2)ccc1Cl. The molecule has 5 nitrogen and oxygen atoms in total. The first-order valence-corrected chi connectivity index (χ1v) is 7.35. The third-order valence-corrected chi connectivity index (χ3v) is 3.29. The number of rotatable bonds is 2. The molecule has 1 heterocycles. The molecule has 2 rings (SSSR count). The quantitative estimate of drug-likeness (QED) is 0.907. The van der Waals surface area contributed by atoms with Crippen LogP contribution >= 0.6 is 11.6 Å². The van der Waals surface area contributed by atoms with Crippen LogP contribution in [0, 0.1) is 0 Å². The smallest absolute Gasteiger partial charge is 0.412 e. The average Bonchev–Trinajstić information content (AvgIpc) is 2.40. The predicted molar refractivity (Wildman–Crippen MR) is 84.3 cm³/mol. The van der Waals surface area contributed by atoms with Crippen LogP contribution in [0.25, 0.3) is 0 Å². The van der Waals surface area contributed by atoms with E-state index in [1.54, 1.807) is 6.07 Å². The van der Waals surface area contributed by atoms with Crippen LogP contribution in [0.4, 0.5) is 16.2 Å². The number of nitrogens with zero attached hydrogens (tertiary/aromatic N) is 1. The van der Waals surface area contributed by atoms with Crippen LogP contribution in [0.3, 0.4) is 0 Å². The van der Waals surface area contributed by atoms with Gasteiger partial charge in [-0.15, -0.1) is 0 Å². The Morgan fingerprint density at radius 3 is 2.62 bits per heavy atom. The summed E-state index contributed by atoms with van der Waals surface area (Å²) in [4.78, 5) is 14.0. The minimum Gasteiger partial charge on any atom is -0.444 e. The summed E-state index contributed by atoms with van der Waals surface area (Å²) in [5.41, 5.74) is 1.02. The molecule has 0 radical (unpaired) electrons. The number of hydrogen-bond donors (Lipinski definition) is 1. The molecule has 6 heteroatoms. The van der Waals surface area contributed by atoms with Crippen molar-refractivity contribution in [3.05, 3.63) is 23.2 Å². The zero-order valence-electron chi connectivity index (χ0n) is 12.6. The first-order valence-electron chi connectivity index (χ1n) is 6.97. The number of morpholine rings is 1. The maximum Gasteiger partial charge on any atom is 0.412 e. The number of halogens is 1. The molecule has 0 aromatic heterocycles. The molecule has 0 spiro atoms. The molecule has 1 N–H and O–H groups in total. The lowest BCUT2D eigenvalue weighted by atomic mass is 10.2. The second kappa shape index (κ2) is 6.54. The summed E-state index contributed by atoms with van der Waals surface area (Å²) in [6.07, 6.45) is -0.511. The van der Waals surface area contributed by atoms with Gasteiger partial charge in [-0.25, -0.2) is 4.79 Å². The lowest BCUT2D eigenvalue weighted by Crippen LogP contribution is -2.36. The third-order valence-electron chi connectivity index (χ3n) is 2.96. The Balaban J connectivity index is 2.10. The van der Waals surface area contributed by atoms with Gasteiger partial charge < -0.3 is 14.4 Å². The van der Waals surface area contributed by atoms with Crippen LogP contribution in [-0.2, 0) is 9.47 Å². The van der Waals surface area contributed by atoms with Crippen LogP contribution in [0.15, 0.2) is 18.2 Å². The van der Waals surface area contributed by atoms with E-state index in [1.807, 2.05) is 32.9 Å². The number of carbonyl (C=O) groups is 1. The molecule has 0 atom stereocenters. The number of anilines is 2. The van der Waals surface area contributed by atoms with E-state index in [0.717, 1.165) is 18.8 Å². The van der Waals surface area contributed by atoms with E-state index in [4.69, 9.17) is 21.1 Å². The summed E-state index contributed by atoms with van der Waals surface area (Å²) in [5, 5.41) is 3.18. The number of nitrogens with one attached hydrogen (secondary N) is 1. The van der Waals surface area contributed by atoms with E-state index in [9.17, 15) is 4.79 Å². The molecule has 21 heavy (non-hydrogen) atoms. The Kier molecular flexibility index (Phi) is 4.96. The topological polar surface area (TPSA) is 50.8 Å². The van der Waals surface area contributed by atoms with Gasteiger partial charge in [-0.05, 0) is 39.0 Å². The Morgan fingerprint density at radius 1 is 1.33 bits per heavy atom. The molecule has 1 aromatic carbocycles. The molecule has 0 aliphatic carbocycles. The maximum absolute atomic E-state index is 11.8. The highest BCUT2D eigenvalue weighted by atomic mass is 35.5. The third kappa shape index (κ3) is 4.79. The van der Waals surface area contributed by atoms with Gasteiger partial charge in [0.05, 0.1) is 23.9 Å². The number of amides is 1. The molecule has 1 amide bonds. The number of benzene rings is 1. The maximum atomic E-state index is 11.8. The van der Waals surface area contributed by atoms with Crippen LogP contribution in [0.1, 0.15) is 20.8 Å². The largest absolute Gasteiger partial charge is 0.444 e. The average molecular weight is 313 g/mol. The van der Waals surface area contributed by atoms with E-state index < -0.39 is 11.7 Å². The van der Waals surface area contributed by atoms with Gasteiger partial charge in [-0.1, -0.05) is 11.6 Å². The Morgan fingerprint density at radius 2 is 2.00 bits per heavy atom. The fourth-order valence-electron chi connectivity index (χ4n) is 2.04.